The maximum absolute atomic E-state index is 3.69. The van der Waals surface area contributed by atoms with E-state index in [0.29, 0.717) is 0 Å². The van der Waals surface area contributed by atoms with Gasteiger partial charge < -0.3 is 0 Å². The Labute approximate surface area is 68.9 Å². The molecule has 0 aliphatic heterocycles. The van der Waals surface area contributed by atoms with Gasteiger partial charge >= 0.3 is 0 Å². The number of benzene rings is 1. The first kappa shape index (κ1) is 9.70. The van der Waals surface area contributed by atoms with Crippen LogP contribution in [0.3, 0.4) is 0 Å². The highest BCUT2D eigenvalue weighted by Crippen LogP contribution is 2.06. The van der Waals surface area contributed by atoms with Crippen LogP contribution in [0.1, 0.15) is 11.1 Å². The smallest absolute Gasteiger partial charge is 0.0233 e. The van der Waals surface area contributed by atoms with E-state index in [9.17, 15) is 0 Å². The molecule has 1 aromatic carbocycles. The van der Waals surface area contributed by atoms with Gasteiger partial charge in [0.05, 0.1) is 0 Å². The summed E-state index contributed by atoms with van der Waals surface area (Å²) in [4.78, 5) is 0. The van der Waals surface area contributed by atoms with Gasteiger partial charge in [0.1, 0.15) is 0 Å². The van der Waals surface area contributed by atoms with E-state index in [4.69, 9.17) is 0 Å². The van der Waals surface area contributed by atoms with Gasteiger partial charge in [0.15, 0.2) is 0 Å². The van der Waals surface area contributed by atoms with Crippen LogP contribution in [0.4, 0.5) is 0 Å². The second kappa shape index (κ2) is 5.48. The van der Waals surface area contributed by atoms with Gasteiger partial charge in [-0.1, -0.05) is 36.9 Å². The van der Waals surface area contributed by atoms with Crippen LogP contribution in [-0.4, -0.2) is 0 Å². The Morgan fingerprint density at radius 3 is 2.09 bits per heavy atom. The zero-order valence-electron chi connectivity index (χ0n) is 7.01. The van der Waals surface area contributed by atoms with Crippen LogP contribution in [0.5, 0.6) is 0 Å². The molecule has 0 nitrogen and oxygen atoms in total. The highest BCUT2D eigenvalue weighted by atomic mass is 13.9. The topological polar surface area (TPSA) is 0 Å². The molecular formula is C11H14. The van der Waals surface area contributed by atoms with Crippen molar-refractivity contribution in [2.75, 3.05) is 0 Å². The second-order valence-electron chi connectivity index (χ2n) is 2.06. The number of aryl methyl sites for hydroxylation is 1. The van der Waals surface area contributed by atoms with E-state index in [1.54, 1.807) is 0 Å². The average molecular weight is 146 g/mol. The van der Waals surface area contributed by atoms with E-state index in [1.165, 1.54) is 11.1 Å². The van der Waals surface area contributed by atoms with Gasteiger partial charge in [0.2, 0.25) is 0 Å². The average Bonchev–Trinajstić information content (AvgIpc) is 2.09. The van der Waals surface area contributed by atoms with Crippen molar-refractivity contribution in [3.05, 3.63) is 55.1 Å². The second-order valence-corrected chi connectivity index (χ2v) is 2.06. The molecule has 0 heteroatoms. The van der Waals surface area contributed by atoms with Crippen LogP contribution in [0.25, 0.3) is 6.08 Å². The molecule has 0 saturated heterocycles. The Bertz CT molecular complexity index is 223. The van der Waals surface area contributed by atoms with Gasteiger partial charge in [0.25, 0.3) is 0 Å². The van der Waals surface area contributed by atoms with Crippen LogP contribution >= 0.6 is 0 Å². The molecule has 0 unspecified atom stereocenters. The van der Waals surface area contributed by atoms with Crippen molar-refractivity contribution >= 4 is 6.08 Å². The standard InChI is InChI=1S/C9H10.C2H4/c1-3-9-7-5-4-6-8(9)2;1-2/h3-7H,1H2,2H3;1-2H2. The summed E-state index contributed by atoms with van der Waals surface area (Å²) in [5, 5.41) is 0. The normalized spacial score (nSPS) is 7.73. The summed E-state index contributed by atoms with van der Waals surface area (Å²) >= 11 is 0. The first-order valence-electron chi connectivity index (χ1n) is 3.52. The van der Waals surface area contributed by atoms with Gasteiger partial charge in [0, 0.05) is 0 Å². The summed E-state index contributed by atoms with van der Waals surface area (Å²) in [7, 11) is 0. The van der Waals surface area contributed by atoms with Crippen molar-refractivity contribution in [2.24, 2.45) is 0 Å². The van der Waals surface area contributed by atoms with Gasteiger partial charge in [-0.25, -0.2) is 0 Å². The predicted molar refractivity (Wildman–Crippen MR) is 52.5 cm³/mol. The van der Waals surface area contributed by atoms with Crippen molar-refractivity contribution in [3.8, 4) is 0 Å². The molecule has 0 bridgehead atoms. The molecule has 1 aromatic rings. The maximum atomic E-state index is 3.69. The fourth-order valence-electron chi connectivity index (χ4n) is 0.816. The van der Waals surface area contributed by atoms with Gasteiger partial charge in [-0.15, -0.1) is 13.2 Å². The number of hydrogen-bond donors (Lipinski definition) is 0. The Hall–Kier alpha value is -1.30. The molecular weight excluding hydrogens is 132 g/mol. The Balaban J connectivity index is 0.000000461. The van der Waals surface area contributed by atoms with E-state index in [0.717, 1.165) is 0 Å². The summed E-state index contributed by atoms with van der Waals surface area (Å²) in [6.45, 7) is 11.8. The lowest BCUT2D eigenvalue weighted by molar-refractivity contribution is 1.45. The van der Waals surface area contributed by atoms with E-state index < -0.39 is 0 Å². The van der Waals surface area contributed by atoms with Crippen LogP contribution in [-0.2, 0) is 0 Å². The molecule has 0 fully saturated rings. The van der Waals surface area contributed by atoms with E-state index in [-0.39, 0.29) is 0 Å². The highest BCUT2D eigenvalue weighted by molar-refractivity contribution is 5.50. The fraction of sp³-hybridized carbons (Fsp3) is 0.0909. The molecule has 0 atom stereocenters. The Morgan fingerprint density at radius 1 is 1.18 bits per heavy atom. The predicted octanol–water partition coefficient (Wildman–Crippen LogP) is 3.44. The van der Waals surface area contributed by atoms with Gasteiger partial charge in [-0.2, -0.15) is 0 Å². The van der Waals surface area contributed by atoms with Crippen LogP contribution in [0.2, 0.25) is 0 Å². The first-order valence-corrected chi connectivity index (χ1v) is 3.52. The molecule has 0 heterocycles. The number of rotatable bonds is 1. The maximum Gasteiger partial charge on any atom is -0.0233 e. The van der Waals surface area contributed by atoms with E-state index >= 15 is 0 Å². The van der Waals surface area contributed by atoms with E-state index in [1.807, 2.05) is 18.2 Å². The molecule has 0 spiro atoms. The minimum atomic E-state index is 1.22. The SMILES string of the molecule is C=C.C=Cc1ccccc1C. The summed E-state index contributed by atoms with van der Waals surface area (Å²) in [5.41, 5.74) is 2.50. The largest absolute Gasteiger partial charge is 0.106 e. The highest BCUT2D eigenvalue weighted by Gasteiger charge is 1.86. The van der Waals surface area contributed by atoms with Gasteiger partial charge in [-0.3, -0.25) is 0 Å². The lowest BCUT2D eigenvalue weighted by atomic mass is 10.1. The molecule has 0 aliphatic rings. The molecule has 0 amide bonds. The third-order valence-electron chi connectivity index (χ3n) is 1.41. The molecule has 0 N–H and O–H groups in total. The van der Waals surface area contributed by atoms with Crippen molar-refractivity contribution in [1.82, 2.24) is 0 Å². The van der Waals surface area contributed by atoms with Crippen LogP contribution in [0.15, 0.2) is 44.0 Å². The summed E-state index contributed by atoms with van der Waals surface area (Å²) < 4.78 is 0. The van der Waals surface area contributed by atoms with Crippen molar-refractivity contribution in [3.63, 3.8) is 0 Å². The third kappa shape index (κ3) is 2.85. The molecule has 0 aliphatic carbocycles. The van der Waals surface area contributed by atoms with Crippen LogP contribution in [0, 0.1) is 6.92 Å². The lowest BCUT2D eigenvalue weighted by Gasteiger charge is -1.95. The van der Waals surface area contributed by atoms with Crippen molar-refractivity contribution in [1.29, 1.82) is 0 Å². The molecule has 58 valence electrons. The Kier molecular flexibility index (Phi) is 4.83. The summed E-state index contributed by atoms with van der Waals surface area (Å²) in [6.07, 6.45) is 1.87. The molecule has 0 radical (unpaired) electrons. The molecule has 0 saturated carbocycles. The molecule has 11 heavy (non-hydrogen) atoms. The summed E-state index contributed by atoms with van der Waals surface area (Å²) in [5.74, 6) is 0. The first-order chi connectivity index (χ1) is 5.34. The minimum Gasteiger partial charge on any atom is -0.106 e. The monoisotopic (exact) mass is 146 g/mol. The summed E-state index contributed by atoms with van der Waals surface area (Å²) in [6, 6.07) is 8.19. The van der Waals surface area contributed by atoms with Crippen LogP contribution < -0.4 is 0 Å². The van der Waals surface area contributed by atoms with Crippen molar-refractivity contribution < 1.29 is 0 Å². The zero-order chi connectivity index (χ0) is 8.69. The van der Waals surface area contributed by atoms with Crippen molar-refractivity contribution in [2.45, 2.75) is 6.92 Å². The van der Waals surface area contributed by atoms with E-state index in [2.05, 4.69) is 38.8 Å². The third-order valence-corrected chi connectivity index (χ3v) is 1.41. The fourth-order valence-corrected chi connectivity index (χ4v) is 0.816. The van der Waals surface area contributed by atoms with Gasteiger partial charge in [-0.05, 0) is 18.1 Å². The molecule has 0 aromatic heterocycles. The minimum absolute atomic E-state index is 1.22. The quantitative estimate of drug-likeness (QED) is 0.532. The zero-order valence-corrected chi connectivity index (χ0v) is 7.01. The molecule has 1 rings (SSSR count). The lowest BCUT2D eigenvalue weighted by Crippen LogP contribution is -1.75. The Morgan fingerprint density at radius 2 is 1.73 bits per heavy atom. The number of hydrogen-bond acceptors (Lipinski definition) is 0.